The molecule has 2 N–H and O–H groups in total. The lowest BCUT2D eigenvalue weighted by atomic mass is 10.1. The number of hydrogen-bond acceptors (Lipinski definition) is 6. The molecule has 0 saturated heterocycles. The lowest BCUT2D eigenvalue weighted by molar-refractivity contribution is 0.0997. The maximum Gasteiger partial charge on any atom is 0.206 e. The van der Waals surface area contributed by atoms with E-state index in [4.69, 9.17) is 0 Å². The number of hydrogen-bond donors (Lipinski definition) is 2. The Hall–Kier alpha value is 0.150. The van der Waals surface area contributed by atoms with Gasteiger partial charge in [-0.15, -0.1) is 10.2 Å². The van der Waals surface area contributed by atoms with Crippen LogP contribution in [0.15, 0.2) is 3.92 Å². The molecule has 0 aliphatic carbocycles. The van der Waals surface area contributed by atoms with Crippen molar-refractivity contribution in [3.8, 4) is 0 Å². The monoisotopic (exact) mass is 297 g/mol. The first-order valence-electron chi connectivity index (χ1n) is 3.98. The van der Waals surface area contributed by atoms with Crippen molar-refractivity contribution in [1.29, 1.82) is 0 Å². The molecule has 1 rings (SSSR count). The molecule has 0 fully saturated rings. The SMILES string of the molecule is CSCC(C)(O)CNc1nnc(Br)s1. The first-order chi connectivity index (χ1) is 6.53. The summed E-state index contributed by atoms with van der Waals surface area (Å²) >= 11 is 6.25. The molecule has 1 aromatic rings. The highest BCUT2D eigenvalue weighted by Gasteiger charge is 2.19. The largest absolute Gasteiger partial charge is 0.387 e. The molecule has 80 valence electrons. The second-order valence-corrected chi connectivity index (χ2v) is 6.26. The Labute approximate surface area is 99.6 Å². The zero-order valence-electron chi connectivity index (χ0n) is 7.95. The zero-order valence-corrected chi connectivity index (χ0v) is 11.2. The molecule has 14 heavy (non-hydrogen) atoms. The standard InChI is InChI=1S/C7H12BrN3OS2/c1-7(12,4-13-2)3-9-6-11-10-5(8)14-6/h12H,3-4H2,1-2H3,(H,9,11). The van der Waals surface area contributed by atoms with Crippen molar-refractivity contribution in [1.82, 2.24) is 10.2 Å². The summed E-state index contributed by atoms with van der Waals surface area (Å²) in [6.45, 7) is 2.28. The van der Waals surface area contributed by atoms with E-state index in [0.29, 0.717) is 12.3 Å². The van der Waals surface area contributed by atoms with Crippen molar-refractivity contribution in [2.75, 3.05) is 23.9 Å². The molecule has 0 radical (unpaired) electrons. The number of thioether (sulfide) groups is 1. The van der Waals surface area contributed by atoms with Gasteiger partial charge in [0.15, 0.2) is 3.92 Å². The highest BCUT2D eigenvalue weighted by molar-refractivity contribution is 9.11. The minimum Gasteiger partial charge on any atom is -0.387 e. The van der Waals surface area contributed by atoms with Gasteiger partial charge in [0.1, 0.15) is 0 Å². The number of halogens is 1. The molecule has 0 spiro atoms. The molecule has 1 heterocycles. The topological polar surface area (TPSA) is 58.0 Å². The van der Waals surface area contributed by atoms with Crippen LogP contribution in [0, 0.1) is 0 Å². The van der Waals surface area contributed by atoms with Crippen LogP contribution in [0.4, 0.5) is 5.13 Å². The van der Waals surface area contributed by atoms with Crippen LogP contribution in [0.2, 0.25) is 0 Å². The van der Waals surface area contributed by atoms with Gasteiger partial charge in [-0.25, -0.2) is 0 Å². The molecule has 7 heteroatoms. The summed E-state index contributed by atoms with van der Waals surface area (Å²) in [6, 6.07) is 0. The number of aliphatic hydroxyl groups is 1. The fourth-order valence-corrected chi connectivity index (χ4v) is 2.64. The summed E-state index contributed by atoms with van der Waals surface area (Å²) in [5, 5.41) is 21.3. The van der Waals surface area contributed by atoms with Crippen molar-refractivity contribution >= 4 is 44.2 Å². The molecule has 1 aromatic heterocycles. The van der Waals surface area contributed by atoms with E-state index in [-0.39, 0.29) is 0 Å². The van der Waals surface area contributed by atoms with Gasteiger partial charge in [0.05, 0.1) is 5.60 Å². The Morgan fingerprint density at radius 2 is 2.36 bits per heavy atom. The van der Waals surface area contributed by atoms with E-state index in [1.165, 1.54) is 11.3 Å². The van der Waals surface area contributed by atoms with E-state index in [1.54, 1.807) is 18.7 Å². The maximum absolute atomic E-state index is 9.84. The van der Waals surface area contributed by atoms with E-state index < -0.39 is 5.60 Å². The number of anilines is 1. The van der Waals surface area contributed by atoms with Gasteiger partial charge in [0, 0.05) is 12.3 Å². The Morgan fingerprint density at radius 1 is 1.64 bits per heavy atom. The van der Waals surface area contributed by atoms with Crippen LogP contribution in [0.5, 0.6) is 0 Å². The molecule has 0 amide bonds. The van der Waals surface area contributed by atoms with E-state index in [9.17, 15) is 5.11 Å². The molecule has 4 nitrogen and oxygen atoms in total. The van der Waals surface area contributed by atoms with Gasteiger partial charge in [-0.3, -0.25) is 0 Å². The number of nitrogens with zero attached hydrogens (tertiary/aromatic N) is 2. The average Bonchev–Trinajstić information content (AvgIpc) is 2.48. The second-order valence-electron chi connectivity index (χ2n) is 3.14. The van der Waals surface area contributed by atoms with Gasteiger partial charge in [0.25, 0.3) is 0 Å². The van der Waals surface area contributed by atoms with E-state index in [1.807, 2.05) is 6.26 Å². The van der Waals surface area contributed by atoms with Gasteiger partial charge in [-0.1, -0.05) is 11.3 Å². The van der Waals surface area contributed by atoms with Crippen LogP contribution in [0.1, 0.15) is 6.92 Å². The Morgan fingerprint density at radius 3 is 2.86 bits per heavy atom. The molecule has 0 aliphatic heterocycles. The van der Waals surface area contributed by atoms with Crippen LogP contribution >= 0.6 is 39.0 Å². The normalized spacial score (nSPS) is 15.1. The summed E-state index contributed by atoms with van der Waals surface area (Å²) in [7, 11) is 0. The van der Waals surface area contributed by atoms with Crippen molar-refractivity contribution in [3.05, 3.63) is 3.92 Å². The van der Waals surface area contributed by atoms with Crippen LogP contribution in [-0.2, 0) is 0 Å². The molecular formula is C7H12BrN3OS2. The van der Waals surface area contributed by atoms with Crippen LogP contribution < -0.4 is 5.32 Å². The summed E-state index contributed by atoms with van der Waals surface area (Å²) in [5.41, 5.74) is -0.711. The molecule has 0 aromatic carbocycles. The maximum atomic E-state index is 9.84. The molecule has 0 saturated carbocycles. The van der Waals surface area contributed by atoms with E-state index in [0.717, 1.165) is 9.05 Å². The van der Waals surface area contributed by atoms with Gasteiger partial charge >= 0.3 is 0 Å². The predicted molar refractivity (Wildman–Crippen MR) is 65.1 cm³/mol. The third-order valence-corrected chi connectivity index (χ3v) is 3.70. The van der Waals surface area contributed by atoms with Gasteiger partial charge in [-0.05, 0) is 29.1 Å². The van der Waals surface area contributed by atoms with Crippen molar-refractivity contribution in [2.24, 2.45) is 0 Å². The fourth-order valence-electron chi connectivity index (χ4n) is 0.905. The predicted octanol–water partition coefficient (Wildman–Crippen LogP) is 1.83. The van der Waals surface area contributed by atoms with Crippen LogP contribution in [0.25, 0.3) is 0 Å². The summed E-state index contributed by atoms with van der Waals surface area (Å²) in [4.78, 5) is 0. The Kier molecular flexibility index (Phi) is 4.62. The van der Waals surface area contributed by atoms with Crippen LogP contribution in [0.3, 0.4) is 0 Å². The van der Waals surface area contributed by atoms with Gasteiger partial charge in [-0.2, -0.15) is 11.8 Å². The lowest BCUT2D eigenvalue weighted by Gasteiger charge is -2.21. The first-order valence-corrected chi connectivity index (χ1v) is 6.98. The zero-order chi connectivity index (χ0) is 10.6. The van der Waals surface area contributed by atoms with Crippen molar-refractivity contribution in [3.63, 3.8) is 0 Å². The smallest absolute Gasteiger partial charge is 0.206 e. The number of aromatic nitrogens is 2. The fraction of sp³-hybridized carbons (Fsp3) is 0.714. The van der Waals surface area contributed by atoms with E-state index >= 15 is 0 Å². The molecular weight excluding hydrogens is 286 g/mol. The van der Waals surface area contributed by atoms with Gasteiger partial charge < -0.3 is 10.4 Å². The van der Waals surface area contributed by atoms with Crippen molar-refractivity contribution in [2.45, 2.75) is 12.5 Å². The van der Waals surface area contributed by atoms with Gasteiger partial charge in [0.2, 0.25) is 5.13 Å². The lowest BCUT2D eigenvalue weighted by Crippen LogP contribution is -2.36. The van der Waals surface area contributed by atoms with Crippen LogP contribution in [-0.4, -0.2) is 39.5 Å². The minimum atomic E-state index is -0.711. The molecule has 1 unspecified atom stereocenters. The Bertz CT molecular complexity index is 292. The number of rotatable bonds is 5. The summed E-state index contributed by atoms with van der Waals surface area (Å²) in [6.07, 6.45) is 1.97. The third-order valence-electron chi connectivity index (χ3n) is 1.48. The Balaban J connectivity index is 2.40. The quantitative estimate of drug-likeness (QED) is 0.868. The molecule has 1 atom stereocenters. The highest BCUT2D eigenvalue weighted by atomic mass is 79.9. The second kappa shape index (κ2) is 5.29. The first kappa shape index (κ1) is 12.2. The summed E-state index contributed by atoms with van der Waals surface area (Å²) in [5.74, 6) is 0.694. The van der Waals surface area contributed by atoms with E-state index in [2.05, 4.69) is 31.4 Å². The molecule has 0 bridgehead atoms. The number of nitrogens with one attached hydrogen (secondary N) is 1. The third kappa shape index (κ3) is 4.12. The van der Waals surface area contributed by atoms with Crippen molar-refractivity contribution < 1.29 is 5.11 Å². The average molecular weight is 298 g/mol. The highest BCUT2D eigenvalue weighted by Crippen LogP contribution is 2.21. The summed E-state index contributed by atoms with van der Waals surface area (Å²) < 4.78 is 0.740. The molecule has 0 aliphatic rings. The minimum absolute atomic E-state index is 0.482.